The molecule has 1 aromatic carbocycles. The lowest BCUT2D eigenvalue weighted by atomic mass is 10.2. The van der Waals surface area contributed by atoms with Crippen LogP contribution in [-0.2, 0) is 0 Å². The van der Waals surface area contributed by atoms with Gasteiger partial charge in [0.2, 0.25) is 0 Å². The van der Waals surface area contributed by atoms with Crippen molar-refractivity contribution in [2.45, 2.75) is 6.92 Å². The Morgan fingerprint density at radius 3 is 2.63 bits per heavy atom. The van der Waals surface area contributed by atoms with Gasteiger partial charge in [-0.05, 0) is 31.2 Å². The zero-order valence-electron chi connectivity index (χ0n) is 11.1. The van der Waals surface area contributed by atoms with Crippen molar-refractivity contribution in [1.82, 2.24) is 4.98 Å². The van der Waals surface area contributed by atoms with E-state index in [9.17, 15) is 4.79 Å². The summed E-state index contributed by atoms with van der Waals surface area (Å²) >= 11 is 0. The molecule has 1 aromatic heterocycles. The third-order valence-electron chi connectivity index (χ3n) is 2.90. The molecule has 0 aliphatic carbocycles. The van der Waals surface area contributed by atoms with Crippen LogP contribution in [0.5, 0.6) is 0 Å². The molecule has 0 spiro atoms. The molecule has 1 N–H and O–H groups in total. The second-order valence-corrected chi connectivity index (χ2v) is 4.06. The first-order valence-corrected chi connectivity index (χ1v) is 6.27. The molecule has 4 heteroatoms. The zero-order chi connectivity index (χ0) is 13.7. The molecule has 0 aliphatic rings. The van der Waals surface area contributed by atoms with Crippen molar-refractivity contribution in [2.24, 2.45) is 0 Å². The largest absolute Gasteiger partial charge is 0.388 e. The Hall–Kier alpha value is -2.36. The fourth-order valence-electron chi connectivity index (χ4n) is 1.89. The average molecular weight is 255 g/mol. The first-order chi connectivity index (χ1) is 9.26. The number of pyridine rings is 1. The SMILES string of the molecule is CCN(C(=O)c1cc(NC)ccn1)c1ccccc1. The molecule has 98 valence electrons. The van der Waals surface area contributed by atoms with E-state index in [0.29, 0.717) is 12.2 Å². The van der Waals surface area contributed by atoms with E-state index < -0.39 is 0 Å². The third kappa shape index (κ3) is 2.91. The lowest BCUT2D eigenvalue weighted by Crippen LogP contribution is -2.31. The summed E-state index contributed by atoms with van der Waals surface area (Å²) in [6.07, 6.45) is 1.64. The molecule has 1 heterocycles. The van der Waals surface area contributed by atoms with Gasteiger partial charge in [-0.1, -0.05) is 18.2 Å². The number of carbonyl (C=O) groups excluding carboxylic acids is 1. The number of amides is 1. The summed E-state index contributed by atoms with van der Waals surface area (Å²) in [5.74, 6) is -0.0919. The van der Waals surface area contributed by atoms with Gasteiger partial charge >= 0.3 is 0 Å². The van der Waals surface area contributed by atoms with E-state index >= 15 is 0 Å². The van der Waals surface area contributed by atoms with Crippen LogP contribution in [0.4, 0.5) is 11.4 Å². The van der Waals surface area contributed by atoms with Crippen molar-refractivity contribution in [2.75, 3.05) is 23.8 Å². The van der Waals surface area contributed by atoms with Crippen molar-refractivity contribution >= 4 is 17.3 Å². The summed E-state index contributed by atoms with van der Waals surface area (Å²) in [6, 6.07) is 13.2. The minimum absolute atomic E-state index is 0.0919. The monoisotopic (exact) mass is 255 g/mol. The van der Waals surface area contributed by atoms with E-state index in [-0.39, 0.29) is 5.91 Å². The molecule has 0 fully saturated rings. The molecule has 1 amide bonds. The highest BCUT2D eigenvalue weighted by Crippen LogP contribution is 2.17. The molecule has 0 bridgehead atoms. The second-order valence-electron chi connectivity index (χ2n) is 4.06. The van der Waals surface area contributed by atoms with Gasteiger partial charge in [0.25, 0.3) is 5.91 Å². The number of para-hydroxylation sites is 1. The van der Waals surface area contributed by atoms with Crippen LogP contribution in [0.2, 0.25) is 0 Å². The summed E-state index contributed by atoms with van der Waals surface area (Å²) in [5, 5.41) is 3.01. The van der Waals surface area contributed by atoms with E-state index in [1.54, 1.807) is 17.2 Å². The Balaban J connectivity index is 2.30. The van der Waals surface area contributed by atoms with Gasteiger partial charge < -0.3 is 10.2 Å². The standard InChI is InChI=1S/C15H17N3O/c1-3-18(13-7-5-4-6-8-13)15(19)14-11-12(16-2)9-10-17-14/h4-11H,3H2,1-2H3,(H,16,17). The third-order valence-corrected chi connectivity index (χ3v) is 2.90. The normalized spacial score (nSPS) is 10.0. The summed E-state index contributed by atoms with van der Waals surface area (Å²) in [4.78, 5) is 18.3. The van der Waals surface area contributed by atoms with Gasteiger partial charge in [-0.3, -0.25) is 9.78 Å². The van der Waals surface area contributed by atoms with Gasteiger partial charge in [-0.15, -0.1) is 0 Å². The molecule has 19 heavy (non-hydrogen) atoms. The maximum Gasteiger partial charge on any atom is 0.276 e. The van der Waals surface area contributed by atoms with Gasteiger partial charge in [0.05, 0.1) is 0 Å². The first-order valence-electron chi connectivity index (χ1n) is 6.27. The molecule has 4 nitrogen and oxygen atoms in total. The van der Waals surface area contributed by atoms with Crippen LogP contribution in [0.1, 0.15) is 17.4 Å². The Morgan fingerprint density at radius 2 is 2.00 bits per heavy atom. The molecular weight excluding hydrogens is 238 g/mol. The molecule has 2 rings (SSSR count). The molecule has 2 aromatic rings. The Morgan fingerprint density at radius 1 is 1.26 bits per heavy atom. The predicted molar refractivity (Wildman–Crippen MR) is 77.6 cm³/mol. The molecular formula is C15H17N3O. The average Bonchev–Trinajstić information content (AvgIpc) is 2.49. The molecule has 0 radical (unpaired) electrons. The van der Waals surface area contributed by atoms with E-state index in [2.05, 4.69) is 10.3 Å². The maximum absolute atomic E-state index is 12.5. The number of benzene rings is 1. The second kappa shape index (κ2) is 6.00. The number of hydrogen-bond donors (Lipinski definition) is 1. The van der Waals surface area contributed by atoms with Crippen LogP contribution in [-0.4, -0.2) is 24.5 Å². The number of nitrogens with one attached hydrogen (secondary N) is 1. The summed E-state index contributed by atoms with van der Waals surface area (Å²) in [5.41, 5.74) is 2.20. The number of hydrogen-bond acceptors (Lipinski definition) is 3. The summed E-state index contributed by atoms with van der Waals surface area (Å²) in [7, 11) is 1.82. The lowest BCUT2D eigenvalue weighted by Gasteiger charge is -2.20. The summed E-state index contributed by atoms with van der Waals surface area (Å²) in [6.45, 7) is 2.56. The number of anilines is 2. The van der Waals surface area contributed by atoms with Crippen molar-refractivity contribution in [1.29, 1.82) is 0 Å². The van der Waals surface area contributed by atoms with Crippen molar-refractivity contribution < 1.29 is 4.79 Å². The Bertz CT molecular complexity index is 554. The van der Waals surface area contributed by atoms with Crippen molar-refractivity contribution in [3.05, 3.63) is 54.4 Å². The fraction of sp³-hybridized carbons (Fsp3) is 0.200. The topological polar surface area (TPSA) is 45.2 Å². The van der Waals surface area contributed by atoms with Gasteiger partial charge in [0.15, 0.2) is 0 Å². The number of carbonyl (C=O) groups is 1. The molecule has 0 atom stereocenters. The Kier molecular flexibility index (Phi) is 4.13. The first kappa shape index (κ1) is 13.1. The molecule has 0 saturated heterocycles. The van der Waals surface area contributed by atoms with Gasteiger partial charge in [0.1, 0.15) is 5.69 Å². The van der Waals surface area contributed by atoms with Crippen LogP contribution < -0.4 is 10.2 Å². The van der Waals surface area contributed by atoms with Crippen molar-refractivity contribution in [3.63, 3.8) is 0 Å². The molecule has 0 unspecified atom stereocenters. The van der Waals surface area contributed by atoms with E-state index in [1.165, 1.54) is 0 Å². The molecule has 0 aliphatic heterocycles. The smallest absolute Gasteiger partial charge is 0.276 e. The molecule has 0 saturated carbocycles. The fourth-order valence-corrected chi connectivity index (χ4v) is 1.89. The van der Waals surface area contributed by atoms with E-state index in [0.717, 1.165) is 11.4 Å². The van der Waals surface area contributed by atoms with Crippen LogP contribution in [0, 0.1) is 0 Å². The van der Waals surface area contributed by atoms with Crippen LogP contribution in [0.3, 0.4) is 0 Å². The van der Waals surface area contributed by atoms with Crippen LogP contribution >= 0.6 is 0 Å². The van der Waals surface area contributed by atoms with E-state index in [1.807, 2.05) is 50.4 Å². The maximum atomic E-state index is 12.5. The summed E-state index contributed by atoms with van der Waals surface area (Å²) < 4.78 is 0. The minimum atomic E-state index is -0.0919. The van der Waals surface area contributed by atoms with Crippen molar-refractivity contribution in [3.8, 4) is 0 Å². The van der Waals surface area contributed by atoms with Gasteiger partial charge in [-0.25, -0.2) is 0 Å². The number of aromatic nitrogens is 1. The number of rotatable bonds is 4. The predicted octanol–water partition coefficient (Wildman–Crippen LogP) is 2.79. The quantitative estimate of drug-likeness (QED) is 0.913. The highest BCUT2D eigenvalue weighted by molar-refractivity contribution is 6.05. The highest BCUT2D eigenvalue weighted by Gasteiger charge is 2.17. The van der Waals surface area contributed by atoms with Gasteiger partial charge in [-0.2, -0.15) is 0 Å². The lowest BCUT2D eigenvalue weighted by molar-refractivity contribution is 0.0983. The highest BCUT2D eigenvalue weighted by atomic mass is 16.2. The number of nitrogens with zero attached hydrogens (tertiary/aromatic N) is 2. The Labute approximate surface area is 113 Å². The van der Waals surface area contributed by atoms with Crippen LogP contribution in [0.25, 0.3) is 0 Å². The minimum Gasteiger partial charge on any atom is -0.388 e. The van der Waals surface area contributed by atoms with Crippen LogP contribution in [0.15, 0.2) is 48.7 Å². The van der Waals surface area contributed by atoms with E-state index in [4.69, 9.17) is 0 Å². The van der Waals surface area contributed by atoms with Gasteiger partial charge in [0, 0.05) is 31.2 Å². The zero-order valence-corrected chi connectivity index (χ0v) is 11.1.